The van der Waals surface area contributed by atoms with Crippen molar-refractivity contribution in [1.29, 1.82) is 0 Å². The summed E-state index contributed by atoms with van der Waals surface area (Å²) in [6, 6.07) is 0.951. The molecule has 3 atom stereocenters. The van der Waals surface area contributed by atoms with Crippen LogP contribution in [0.25, 0.3) is 0 Å². The van der Waals surface area contributed by atoms with Gasteiger partial charge in [-0.3, -0.25) is 4.79 Å². The van der Waals surface area contributed by atoms with E-state index in [1.165, 1.54) is 0 Å². The molecular weight excluding hydrogens is 254 g/mol. The van der Waals surface area contributed by atoms with Crippen molar-refractivity contribution in [2.24, 2.45) is 0 Å². The van der Waals surface area contributed by atoms with Gasteiger partial charge in [-0.1, -0.05) is 6.92 Å². The number of carbonyl (C=O) groups excluding carboxylic acids is 1. The number of ether oxygens (including phenoxy) is 1. The first-order valence-electron chi connectivity index (χ1n) is 7.94. The maximum atomic E-state index is 12.2. The molecule has 5 heteroatoms. The fourth-order valence-electron chi connectivity index (χ4n) is 3.08. The minimum absolute atomic E-state index is 0.145. The van der Waals surface area contributed by atoms with E-state index in [9.17, 15) is 4.79 Å². The fraction of sp³-hybridized carbons (Fsp3) is 0.933. The van der Waals surface area contributed by atoms with E-state index in [0.29, 0.717) is 12.1 Å². The molecular formula is C15H29N3O2. The van der Waals surface area contributed by atoms with Gasteiger partial charge in [-0.15, -0.1) is 0 Å². The number of nitrogens with one attached hydrogen (secondary N) is 1. The molecule has 3 unspecified atom stereocenters. The lowest BCUT2D eigenvalue weighted by Crippen LogP contribution is -2.52. The Kier molecular flexibility index (Phi) is 5.81. The van der Waals surface area contributed by atoms with E-state index in [1.54, 1.807) is 0 Å². The molecule has 1 N–H and O–H groups in total. The topological polar surface area (TPSA) is 44.8 Å². The molecule has 2 rings (SSSR count). The van der Waals surface area contributed by atoms with Crippen molar-refractivity contribution in [1.82, 2.24) is 15.1 Å². The molecule has 2 aliphatic heterocycles. The summed E-state index contributed by atoms with van der Waals surface area (Å²) in [4.78, 5) is 16.4. The second-order valence-electron chi connectivity index (χ2n) is 6.19. The highest BCUT2D eigenvalue weighted by molar-refractivity contribution is 5.77. The van der Waals surface area contributed by atoms with Gasteiger partial charge in [0.1, 0.15) is 6.61 Å². The number of piperazine rings is 1. The second-order valence-corrected chi connectivity index (χ2v) is 6.19. The number of carbonyl (C=O) groups is 1. The first-order valence-corrected chi connectivity index (χ1v) is 7.94. The number of nitrogens with zero attached hydrogens (tertiary/aromatic N) is 2. The molecule has 1 amide bonds. The van der Waals surface area contributed by atoms with Crippen molar-refractivity contribution in [2.45, 2.75) is 51.3 Å². The number of hydrogen-bond donors (Lipinski definition) is 1. The Labute approximate surface area is 122 Å². The van der Waals surface area contributed by atoms with Gasteiger partial charge in [0.25, 0.3) is 0 Å². The van der Waals surface area contributed by atoms with Crippen LogP contribution in [0.4, 0.5) is 0 Å². The van der Waals surface area contributed by atoms with Crippen molar-refractivity contribution < 1.29 is 9.53 Å². The van der Waals surface area contributed by atoms with Gasteiger partial charge in [-0.25, -0.2) is 0 Å². The first kappa shape index (κ1) is 15.7. The Hall–Kier alpha value is -0.650. The number of hydrogen-bond acceptors (Lipinski definition) is 4. The Morgan fingerprint density at radius 2 is 1.95 bits per heavy atom. The molecule has 0 aromatic carbocycles. The van der Waals surface area contributed by atoms with Crippen LogP contribution >= 0.6 is 0 Å². The molecule has 0 aromatic rings. The fourth-order valence-corrected chi connectivity index (χ4v) is 3.08. The van der Waals surface area contributed by atoms with Crippen LogP contribution in [0.2, 0.25) is 0 Å². The van der Waals surface area contributed by atoms with Crippen LogP contribution in [0, 0.1) is 0 Å². The van der Waals surface area contributed by atoms with Crippen molar-refractivity contribution in [2.75, 3.05) is 39.8 Å². The van der Waals surface area contributed by atoms with Crippen LogP contribution in [0.3, 0.4) is 0 Å². The third-order valence-corrected chi connectivity index (χ3v) is 4.55. The number of amides is 1. The van der Waals surface area contributed by atoms with Gasteiger partial charge in [0.2, 0.25) is 5.91 Å². The summed E-state index contributed by atoms with van der Waals surface area (Å²) < 4.78 is 5.91. The van der Waals surface area contributed by atoms with E-state index >= 15 is 0 Å². The van der Waals surface area contributed by atoms with E-state index in [1.807, 2.05) is 4.90 Å². The summed E-state index contributed by atoms with van der Waals surface area (Å²) >= 11 is 0. The molecule has 0 aromatic heterocycles. The third kappa shape index (κ3) is 4.17. The van der Waals surface area contributed by atoms with Crippen LogP contribution in [0.15, 0.2) is 0 Å². The van der Waals surface area contributed by atoms with Gasteiger partial charge in [-0.2, -0.15) is 0 Å². The van der Waals surface area contributed by atoms with Gasteiger partial charge in [-0.05, 0) is 33.2 Å². The molecule has 2 heterocycles. The van der Waals surface area contributed by atoms with Crippen LogP contribution < -0.4 is 5.32 Å². The van der Waals surface area contributed by atoms with Gasteiger partial charge in [0.05, 0.1) is 6.10 Å². The van der Waals surface area contributed by atoms with E-state index in [4.69, 9.17) is 4.74 Å². The zero-order valence-corrected chi connectivity index (χ0v) is 13.1. The van der Waals surface area contributed by atoms with Crippen LogP contribution in [-0.2, 0) is 9.53 Å². The van der Waals surface area contributed by atoms with Gasteiger partial charge in [0.15, 0.2) is 0 Å². The molecule has 2 aliphatic rings. The van der Waals surface area contributed by atoms with Crippen LogP contribution in [0.5, 0.6) is 0 Å². The summed E-state index contributed by atoms with van der Waals surface area (Å²) in [7, 11) is 2.10. The predicted octanol–water partition coefficient (Wildman–Crippen LogP) is 0.696. The van der Waals surface area contributed by atoms with Crippen molar-refractivity contribution >= 4 is 5.91 Å². The lowest BCUT2D eigenvalue weighted by atomic mass is 9.95. The zero-order chi connectivity index (χ0) is 14.5. The smallest absolute Gasteiger partial charge is 0.248 e. The Bertz CT molecular complexity index is 316. The average Bonchev–Trinajstić information content (AvgIpc) is 2.46. The highest BCUT2D eigenvalue weighted by Gasteiger charge is 2.28. The minimum atomic E-state index is 0.145. The van der Waals surface area contributed by atoms with E-state index < -0.39 is 0 Å². The van der Waals surface area contributed by atoms with Gasteiger partial charge >= 0.3 is 0 Å². The summed E-state index contributed by atoms with van der Waals surface area (Å²) in [6.07, 6.45) is 3.43. The molecule has 0 aliphatic carbocycles. The number of rotatable bonds is 4. The normalized spacial score (nSPS) is 32.4. The highest BCUT2D eigenvalue weighted by atomic mass is 16.5. The average molecular weight is 283 g/mol. The maximum Gasteiger partial charge on any atom is 0.248 e. The number of piperidine rings is 1. The summed E-state index contributed by atoms with van der Waals surface area (Å²) in [5.74, 6) is 0.145. The first-order chi connectivity index (χ1) is 9.60. The Morgan fingerprint density at radius 1 is 1.25 bits per heavy atom. The summed E-state index contributed by atoms with van der Waals surface area (Å²) in [5.41, 5.74) is 0. The summed E-state index contributed by atoms with van der Waals surface area (Å²) in [5, 5.41) is 3.57. The lowest BCUT2D eigenvalue weighted by Gasteiger charge is -2.36. The molecule has 116 valence electrons. The molecule has 5 nitrogen and oxygen atoms in total. The molecule has 2 saturated heterocycles. The SMILES string of the molecule is CCC1NC(C)CCC1OCC(=O)N1CCN(C)CC1. The van der Waals surface area contributed by atoms with Gasteiger partial charge in [0, 0.05) is 38.3 Å². The zero-order valence-electron chi connectivity index (χ0n) is 13.1. The van der Waals surface area contributed by atoms with Crippen molar-refractivity contribution in [3.05, 3.63) is 0 Å². The molecule has 20 heavy (non-hydrogen) atoms. The predicted molar refractivity (Wildman–Crippen MR) is 79.7 cm³/mol. The third-order valence-electron chi connectivity index (χ3n) is 4.55. The van der Waals surface area contributed by atoms with Crippen molar-refractivity contribution in [3.8, 4) is 0 Å². The molecule has 0 saturated carbocycles. The largest absolute Gasteiger partial charge is 0.367 e. The van der Waals surface area contributed by atoms with E-state index in [0.717, 1.165) is 45.4 Å². The lowest BCUT2D eigenvalue weighted by molar-refractivity contribution is -0.141. The van der Waals surface area contributed by atoms with E-state index in [2.05, 4.69) is 31.1 Å². The highest BCUT2D eigenvalue weighted by Crippen LogP contribution is 2.18. The quantitative estimate of drug-likeness (QED) is 0.825. The number of likely N-dealkylation sites (N-methyl/N-ethyl adjacent to an activating group) is 1. The van der Waals surface area contributed by atoms with Crippen molar-refractivity contribution in [3.63, 3.8) is 0 Å². The Balaban J connectivity index is 1.75. The second kappa shape index (κ2) is 7.38. The summed E-state index contributed by atoms with van der Waals surface area (Å²) in [6.45, 7) is 8.22. The molecule has 0 spiro atoms. The van der Waals surface area contributed by atoms with Crippen LogP contribution in [0.1, 0.15) is 33.1 Å². The van der Waals surface area contributed by atoms with Gasteiger partial charge < -0.3 is 19.9 Å². The minimum Gasteiger partial charge on any atom is -0.367 e. The molecule has 0 bridgehead atoms. The monoisotopic (exact) mass is 283 g/mol. The maximum absolute atomic E-state index is 12.2. The molecule has 0 radical (unpaired) electrons. The standard InChI is InChI=1S/C15H29N3O2/c1-4-13-14(6-5-12(2)16-13)20-11-15(19)18-9-7-17(3)8-10-18/h12-14,16H,4-11H2,1-3H3. The molecule has 2 fully saturated rings. The Morgan fingerprint density at radius 3 is 2.60 bits per heavy atom. The van der Waals surface area contributed by atoms with E-state index in [-0.39, 0.29) is 18.6 Å². The van der Waals surface area contributed by atoms with Crippen LogP contribution in [-0.4, -0.2) is 73.7 Å².